The molecule has 0 saturated carbocycles. The zero-order valence-electron chi connectivity index (χ0n) is 18.6. The summed E-state index contributed by atoms with van der Waals surface area (Å²) >= 11 is 0. The van der Waals surface area contributed by atoms with E-state index in [-0.39, 0.29) is 25.1 Å². The quantitative estimate of drug-likeness (QED) is 0.537. The van der Waals surface area contributed by atoms with Gasteiger partial charge in [0.05, 0.1) is 0 Å². The van der Waals surface area contributed by atoms with Gasteiger partial charge in [-0.05, 0) is 55.1 Å². The third-order valence-electron chi connectivity index (χ3n) is 6.63. The first-order valence-corrected chi connectivity index (χ1v) is 11.3. The molecule has 0 aromatic heterocycles. The van der Waals surface area contributed by atoms with Crippen LogP contribution in [0.3, 0.4) is 0 Å². The molecule has 3 aromatic rings. The number of piperidine rings is 1. The van der Waals surface area contributed by atoms with Crippen molar-refractivity contribution in [2.75, 3.05) is 33.0 Å². The van der Waals surface area contributed by atoms with E-state index in [0.717, 1.165) is 60.9 Å². The third kappa shape index (κ3) is 4.96. The van der Waals surface area contributed by atoms with Crippen LogP contribution in [-0.2, 0) is 5.60 Å². The Balaban J connectivity index is 0.00000259. The van der Waals surface area contributed by atoms with Crippen LogP contribution in [0.25, 0.3) is 0 Å². The van der Waals surface area contributed by atoms with Gasteiger partial charge in [-0.3, -0.25) is 4.90 Å². The van der Waals surface area contributed by atoms with E-state index in [1.165, 1.54) is 0 Å². The van der Waals surface area contributed by atoms with Gasteiger partial charge >= 0.3 is 0 Å². The summed E-state index contributed by atoms with van der Waals surface area (Å²) in [5, 5.41) is 12.0. The molecule has 6 heteroatoms. The number of likely N-dealkylation sites (tertiary alicyclic amines) is 1. The molecule has 3 aromatic carbocycles. The molecule has 1 saturated heterocycles. The van der Waals surface area contributed by atoms with E-state index in [0.29, 0.717) is 6.61 Å². The maximum atomic E-state index is 12.0. The van der Waals surface area contributed by atoms with Crippen LogP contribution in [0.4, 0.5) is 0 Å². The number of hydrogen-bond acceptors (Lipinski definition) is 5. The number of aliphatic hydroxyl groups is 1. The Hall–Kier alpha value is -2.73. The monoisotopic (exact) mass is 467 g/mol. The Kier molecular flexibility index (Phi) is 7.43. The zero-order chi connectivity index (χ0) is 21.8. The number of fused-ring (bicyclic) bond motifs is 1. The van der Waals surface area contributed by atoms with Gasteiger partial charge in [-0.2, -0.15) is 0 Å². The fourth-order valence-corrected chi connectivity index (χ4v) is 4.86. The van der Waals surface area contributed by atoms with Gasteiger partial charge < -0.3 is 19.3 Å². The van der Waals surface area contributed by atoms with Crippen molar-refractivity contribution in [3.8, 4) is 17.2 Å². The standard InChI is InChI=1S/C27H29NO4.ClH/c29-27(21-7-3-1-4-8-21,22-9-5-2-6-10-22)23-13-15-28(16-14-23)17-18-30-24-11-12-25-26(19-24)32-20-31-25;/h1-12,19,23,29H,13-18,20H2;1H. The van der Waals surface area contributed by atoms with Crippen molar-refractivity contribution in [2.45, 2.75) is 18.4 Å². The molecular weight excluding hydrogens is 438 g/mol. The summed E-state index contributed by atoms with van der Waals surface area (Å²) in [6.45, 7) is 3.63. The Morgan fingerprint density at radius 2 is 1.45 bits per heavy atom. The summed E-state index contributed by atoms with van der Waals surface area (Å²) < 4.78 is 16.7. The first-order chi connectivity index (χ1) is 15.7. The van der Waals surface area contributed by atoms with Crippen molar-refractivity contribution in [3.63, 3.8) is 0 Å². The van der Waals surface area contributed by atoms with Crippen LogP contribution in [0.2, 0.25) is 0 Å². The van der Waals surface area contributed by atoms with Crippen LogP contribution in [-0.4, -0.2) is 43.0 Å². The molecule has 0 unspecified atom stereocenters. The van der Waals surface area contributed by atoms with Gasteiger partial charge in [0.15, 0.2) is 11.5 Å². The second kappa shape index (κ2) is 10.5. The molecule has 1 fully saturated rings. The normalized spacial score (nSPS) is 16.3. The van der Waals surface area contributed by atoms with E-state index in [9.17, 15) is 5.11 Å². The van der Waals surface area contributed by atoms with Gasteiger partial charge in [-0.25, -0.2) is 0 Å². The van der Waals surface area contributed by atoms with Crippen molar-refractivity contribution < 1.29 is 19.3 Å². The predicted molar refractivity (Wildman–Crippen MR) is 130 cm³/mol. The lowest BCUT2D eigenvalue weighted by molar-refractivity contribution is -0.0153. The summed E-state index contributed by atoms with van der Waals surface area (Å²) in [6.07, 6.45) is 1.87. The predicted octanol–water partition coefficient (Wildman–Crippen LogP) is 4.86. The smallest absolute Gasteiger partial charge is 0.231 e. The van der Waals surface area contributed by atoms with E-state index in [1.807, 2.05) is 78.9 Å². The third-order valence-corrected chi connectivity index (χ3v) is 6.63. The highest BCUT2D eigenvalue weighted by Crippen LogP contribution is 2.42. The molecule has 0 radical (unpaired) electrons. The fraction of sp³-hybridized carbons (Fsp3) is 0.333. The highest BCUT2D eigenvalue weighted by atomic mass is 35.5. The maximum absolute atomic E-state index is 12.0. The summed E-state index contributed by atoms with van der Waals surface area (Å²) in [5.41, 5.74) is 0.962. The van der Waals surface area contributed by atoms with Crippen LogP contribution < -0.4 is 14.2 Å². The Morgan fingerprint density at radius 1 is 0.848 bits per heavy atom. The van der Waals surface area contributed by atoms with Crippen LogP contribution in [0, 0.1) is 5.92 Å². The largest absolute Gasteiger partial charge is 0.492 e. The molecular formula is C27H30ClNO4. The van der Waals surface area contributed by atoms with Gasteiger partial charge in [0.2, 0.25) is 6.79 Å². The first-order valence-electron chi connectivity index (χ1n) is 11.3. The number of ether oxygens (including phenoxy) is 3. The van der Waals surface area contributed by atoms with E-state index < -0.39 is 5.60 Å². The summed E-state index contributed by atoms with van der Waals surface area (Å²) in [7, 11) is 0. The van der Waals surface area contributed by atoms with Crippen molar-refractivity contribution in [3.05, 3.63) is 90.0 Å². The van der Waals surface area contributed by atoms with Crippen molar-refractivity contribution in [2.24, 2.45) is 5.92 Å². The summed E-state index contributed by atoms with van der Waals surface area (Å²) in [6, 6.07) is 25.9. The van der Waals surface area contributed by atoms with Gasteiger partial charge in [0.25, 0.3) is 0 Å². The van der Waals surface area contributed by atoms with Crippen molar-refractivity contribution >= 4 is 12.4 Å². The highest BCUT2D eigenvalue weighted by molar-refractivity contribution is 5.85. The van der Waals surface area contributed by atoms with Crippen molar-refractivity contribution in [1.29, 1.82) is 0 Å². The van der Waals surface area contributed by atoms with E-state index in [2.05, 4.69) is 4.90 Å². The molecule has 0 bridgehead atoms. The minimum Gasteiger partial charge on any atom is -0.492 e. The molecule has 5 nitrogen and oxygen atoms in total. The van der Waals surface area contributed by atoms with E-state index in [4.69, 9.17) is 14.2 Å². The van der Waals surface area contributed by atoms with E-state index >= 15 is 0 Å². The van der Waals surface area contributed by atoms with Crippen LogP contribution in [0.15, 0.2) is 78.9 Å². The van der Waals surface area contributed by atoms with Crippen LogP contribution in [0.5, 0.6) is 17.2 Å². The molecule has 2 heterocycles. The molecule has 33 heavy (non-hydrogen) atoms. The first kappa shape index (κ1) is 23.4. The Bertz CT molecular complexity index is 983. The number of benzene rings is 3. The topological polar surface area (TPSA) is 51.2 Å². The Labute approximate surface area is 201 Å². The molecule has 174 valence electrons. The fourth-order valence-electron chi connectivity index (χ4n) is 4.86. The Morgan fingerprint density at radius 3 is 2.09 bits per heavy atom. The minimum atomic E-state index is -0.975. The lowest BCUT2D eigenvalue weighted by Crippen LogP contribution is -2.45. The number of rotatable bonds is 7. The molecule has 1 N–H and O–H groups in total. The van der Waals surface area contributed by atoms with Crippen LogP contribution >= 0.6 is 12.4 Å². The van der Waals surface area contributed by atoms with Gasteiger partial charge in [-0.15, -0.1) is 12.4 Å². The molecule has 2 aliphatic rings. The average Bonchev–Trinajstić information content (AvgIpc) is 3.33. The second-order valence-electron chi connectivity index (χ2n) is 8.48. The zero-order valence-corrected chi connectivity index (χ0v) is 19.4. The molecule has 0 aliphatic carbocycles. The van der Waals surface area contributed by atoms with Crippen LogP contribution in [0.1, 0.15) is 24.0 Å². The minimum absolute atomic E-state index is 0. The highest BCUT2D eigenvalue weighted by Gasteiger charge is 2.41. The number of hydrogen-bond donors (Lipinski definition) is 1. The van der Waals surface area contributed by atoms with Gasteiger partial charge in [-0.1, -0.05) is 60.7 Å². The second-order valence-corrected chi connectivity index (χ2v) is 8.48. The molecule has 0 spiro atoms. The van der Waals surface area contributed by atoms with Gasteiger partial charge in [0, 0.05) is 12.6 Å². The molecule has 5 rings (SSSR count). The number of halogens is 1. The molecule has 2 aliphatic heterocycles. The lowest BCUT2D eigenvalue weighted by atomic mass is 9.72. The lowest BCUT2D eigenvalue weighted by Gasteiger charge is -2.42. The number of nitrogens with zero attached hydrogens (tertiary/aromatic N) is 1. The van der Waals surface area contributed by atoms with E-state index in [1.54, 1.807) is 0 Å². The maximum Gasteiger partial charge on any atom is 0.231 e. The van der Waals surface area contributed by atoms with Crippen molar-refractivity contribution in [1.82, 2.24) is 4.90 Å². The average molecular weight is 468 g/mol. The molecule has 0 amide bonds. The van der Waals surface area contributed by atoms with Gasteiger partial charge in [0.1, 0.15) is 18.0 Å². The molecule has 0 atom stereocenters. The SMILES string of the molecule is Cl.OC(c1ccccc1)(c1ccccc1)C1CCN(CCOc2ccc3c(c2)OCO3)CC1. The summed E-state index contributed by atoms with van der Waals surface area (Å²) in [4.78, 5) is 2.42. The summed E-state index contributed by atoms with van der Waals surface area (Å²) in [5.74, 6) is 2.47.